The quantitative estimate of drug-likeness (QED) is 0.898. The Morgan fingerprint density at radius 3 is 3.16 bits per heavy atom. The van der Waals surface area contributed by atoms with E-state index < -0.39 is 0 Å². The van der Waals surface area contributed by atoms with E-state index in [4.69, 9.17) is 0 Å². The molecule has 0 radical (unpaired) electrons. The average molecular weight is 257 g/mol. The minimum atomic E-state index is 0.459. The van der Waals surface area contributed by atoms with Gasteiger partial charge in [0.15, 0.2) is 5.82 Å². The van der Waals surface area contributed by atoms with Crippen molar-refractivity contribution in [2.45, 2.75) is 45.3 Å². The van der Waals surface area contributed by atoms with Gasteiger partial charge in [-0.15, -0.1) is 0 Å². The predicted octanol–water partition coefficient (Wildman–Crippen LogP) is 1.34. The summed E-state index contributed by atoms with van der Waals surface area (Å²) in [7, 11) is 0. The summed E-state index contributed by atoms with van der Waals surface area (Å²) in [5, 5.41) is 8.08. The van der Waals surface area contributed by atoms with E-state index in [-0.39, 0.29) is 0 Å². The lowest BCUT2D eigenvalue weighted by molar-refractivity contribution is 0.356. The second kappa shape index (κ2) is 5.48. The van der Waals surface area contributed by atoms with Crippen molar-refractivity contribution < 1.29 is 0 Å². The first-order chi connectivity index (χ1) is 9.35. The van der Waals surface area contributed by atoms with Crippen LogP contribution in [-0.2, 0) is 25.9 Å². The Balaban J connectivity index is 1.59. The number of aryl methyl sites for hydroxylation is 2. The predicted molar refractivity (Wildman–Crippen MR) is 72.6 cm³/mol. The molecule has 1 atom stereocenters. The molecular weight excluding hydrogens is 238 g/mol. The molecule has 100 valence electrons. The molecule has 0 aliphatic carbocycles. The molecule has 0 saturated heterocycles. The van der Waals surface area contributed by atoms with Crippen LogP contribution in [0, 0.1) is 0 Å². The Morgan fingerprint density at radius 2 is 2.37 bits per heavy atom. The summed E-state index contributed by atoms with van der Waals surface area (Å²) in [5.41, 5.74) is 1.08. The van der Waals surface area contributed by atoms with Gasteiger partial charge in [-0.2, -0.15) is 5.10 Å². The highest BCUT2D eigenvalue weighted by atomic mass is 15.4. The van der Waals surface area contributed by atoms with E-state index in [1.165, 1.54) is 0 Å². The second-order valence-electron chi connectivity index (χ2n) is 4.92. The zero-order valence-corrected chi connectivity index (χ0v) is 11.2. The van der Waals surface area contributed by atoms with E-state index in [9.17, 15) is 0 Å². The van der Waals surface area contributed by atoms with Crippen molar-refractivity contribution in [2.24, 2.45) is 0 Å². The van der Waals surface area contributed by atoms with Crippen molar-refractivity contribution in [1.29, 1.82) is 0 Å². The van der Waals surface area contributed by atoms with Gasteiger partial charge in [-0.25, -0.2) is 9.67 Å². The van der Waals surface area contributed by atoms with Gasteiger partial charge in [0.05, 0.1) is 12.2 Å². The smallest absolute Gasteiger partial charge is 0.150 e. The van der Waals surface area contributed by atoms with Crippen molar-refractivity contribution in [3.8, 4) is 0 Å². The minimum Gasteiger partial charge on any atom is -0.307 e. The summed E-state index contributed by atoms with van der Waals surface area (Å²) < 4.78 is 2.05. The van der Waals surface area contributed by atoms with Crippen LogP contribution in [0.2, 0.25) is 0 Å². The topological polar surface area (TPSA) is 55.6 Å². The molecule has 0 bridgehead atoms. The zero-order chi connectivity index (χ0) is 13.1. The van der Waals surface area contributed by atoms with Crippen LogP contribution in [0.4, 0.5) is 0 Å². The van der Waals surface area contributed by atoms with Gasteiger partial charge < -0.3 is 5.32 Å². The first kappa shape index (κ1) is 12.3. The second-order valence-corrected chi connectivity index (χ2v) is 4.92. The van der Waals surface area contributed by atoms with Gasteiger partial charge in [0.1, 0.15) is 5.82 Å². The van der Waals surface area contributed by atoms with Gasteiger partial charge in [0.25, 0.3) is 0 Å². The van der Waals surface area contributed by atoms with E-state index in [1.807, 2.05) is 24.4 Å². The van der Waals surface area contributed by atoms with E-state index in [2.05, 4.69) is 32.0 Å². The van der Waals surface area contributed by atoms with Gasteiger partial charge in [-0.1, -0.05) is 13.0 Å². The summed E-state index contributed by atoms with van der Waals surface area (Å²) in [6.07, 6.45) is 4.87. The largest absolute Gasteiger partial charge is 0.307 e. The molecule has 2 aromatic rings. The number of fused-ring (bicyclic) bond motifs is 1. The van der Waals surface area contributed by atoms with E-state index in [0.29, 0.717) is 6.04 Å². The van der Waals surface area contributed by atoms with Crippen LogP contribution in [0.5, 0.6) is 0 Å². The molecule has 3 heterocycles. The van der Waals surface area contributed by atoms with E-state index in [1.54, 1.807) is 0 Å². The van der Waals surface area contributed by atoms with Crippen LogP contribution >= 0.6 is 0 Å². The van der Waals surface area contributed by atoms with Gasteiger partial charge >= 0.3 is 0 Å². The molecule has 5 nitrogen and oxygen atoms in total. The number of hydrogen-bond acceptors (Lipinski definition) is 4. The number of hydrogen-bond donors (Lipinski definition) is 1. The Bertz CT molecular complexity index is 534. The SMILES string of the molecule is CCc1nc2n(n1)C[C@@H](NCc1ccccn1)CC2. The van der Waals surface area contributed by atoms with Crippen LogP contribution in [0.25, 0.3) is 0 Å². The standard InChI is InChI=1S/C14H19N5/c1-2-13-17-14-7-6-12(10-19(14)18-13)16-9-11-5-3-4-8-15-11/h3-5,8,12,16H,2,6-7,9-10H2,1H3/t12-/m0/s1. The molecule has 5 heteroatoms. The Kier molecular flexibility index (Phi) is 3.55. The molecular formula is C14H19N5. The molecule has 0 saturated carbocycles. The van der Waals surface area contributed by atoms with Crippen molar-refractivity contribution in [3.63, 3.8) is 0 Å². The van der Waals surface area contributed by atoms with Gasteiger partial charge in [0.2, 0.25) is 0 Å². The number of nitrogens with zero attached hydrogens (tertiary/aromatic N) is 4. The zero-order valence-electron chi connectivity index (χ0n) is 11.2. The van der Waals surface area contributed by atoms with Crippen molar-refractivity contribution in [2.75, 3.05) is 0 Å². The minimum absolute atomic E-state index is 0.459. The van der Waals surface area contributed by atoms with Crippen molar-refractivity contribution >= 4 is 0 Å². The molecule has 2 aromatic heterocycles. The fourth-order valence-corrected chi connectivity index (χ4v) is 2.43. The van der Waals surface area contributed by atoms with E-state index in [0.717, 1.165) is 49.7 Å². The molecule has 1 aliphatic rings. The van der Waals surface area contributed by atoms with Crippen LogP contribution in [0.3, 0.4) is 0 Å². The van der Waals surface area contributed by atoms with Crippen LogP contribution in [0.1, 0.15) is 30.7 Å². The third-order valence-corrected chi connectivity index (χ3v) is 3.52. The van der Waals surface area contributed by atoms with Crippen LogP contribution in [0.15, 0.2) is 24.4 Å². The first-order valence-electron chi connectivity index (χ1n) is 6.91. The maximum absolute atomic E-state index is 4.53. The summed E-state index contributed by atoms with van der Waals surface area (Å²) >= 11 is 0. The number of pyridine rings is 1. The number of nitrogens with one attached hydrogen (secondary N) is 1. The van der Waals surface area contributed by atoms with Gasteiger partial charge in [-0.3, -0.25) is 4.98 Å². The molecule has 3 rings (SSSR count). The highest BCUT2D eigenvalue weighted by Gasteiger charge is 2.20. The molecule has 0 unspecified atom stereocenters. The van der Waals surface area contributed by atoms with Crippen LogP contribution in [-0.4, -0.2) is 25.8 Å². The average Bonchev–Trinajstić information content (AvgIpc) is 2.88. The molecule has 19 heavy (non-hydrogen) atoms. The summed E-state index contributed by atoms with van der Waals surface area (Å²) in [6.45, 7) is 3.82. The highest BCUT2D eigenvalue weighted by Crippen LogP contribution is 2.13. The molecule has 0 aromatic carbocycles. The highest BCUT2D eigenvalue weighted by molar-refractivity contribution is 5.04. The summed E-state index contributed by atoms with van der Waals surface area (Å²) in [4.78, 5) is 8.86. The fourth-order valence-electron chi connectivity index (χ4n) is 2.43. The first-order valence-corrected chi connectivity index (χ1v) is 6.91. The third kappa shape index (κ3) is 2.81. The van der Waals surface area contributed by atoms with Crippen molar-refractivity contribution in [1.82, 2.24) is 25.1 Å². The lowest BCUT2D eigenvalue weighted by Crippen LogP contribution is -2.37. The molecule has 1 aliphatic heterocycles. The lowest BCUT2D eigenvalue weighted by atomic mass is 10.1. The Labute approximate surface area is 113 Å². The lowest BCUT2D eigenvalue weighted by Gasteiger charge is -2.23. The Morgan fingerprint density at radius 1 is 1.42 bits per heavy atom. The molecule has 0 spiro atoms. The number of rotatable bonds is 4. The maximum Gasteiger partial charge on any atom is 0.150 e. The van der Waals surface area contributed by atoms with Crippen molar-refractivity contribution in [3.05, 3.63) is 41.7 Å². The Hall–Kier alpha value is -1.75. The van der Waals surface area contributed by atoms with Crippen LogP contribution < -0.4 is 5.32 Å². The number of aromatic nitrogens is 4. The van der Waals surface area contributed by atoms with E-state index >= 15 is 0 Å². The molecule has 0 fully saturated rings. The van der Waals surface area contributed by atoms with Gasteiger partial charge in [-0.05, 0) is 18.6 Å². The monoisotopic (exact) mass is 257 g/mol. The maximum atomic E-state index is 4.53. The molecule has 0 amide bonds. The molecule has 1 N–H and O–H groups in total. The fraction of sp³-hybridized carbons (Fsp3) is 0.500. The summed E-state index contributed by atoms with van der Waals surface area (Å²) in [6, 6.07) is 6.47. The summed E-state index contributed by atoms with van der Waals surface area (Å²) in [5.74, 6) is 2.09. The third-order valence-electron chi connectivity index (χ3n) is 3.52. The van der Waals surface area contributed by atoms with Gasteiger partial charge in [0, 0.05) is 31.6 Å². The normalized spacial score (nSPS) is 18.3.